The van der Waals surface area contributed by atoms with Crippen molar-refractivity contribution in [2.75, 3.05) is 7.11 Å². The van der Waals surface area contributed by atoms with Crippen molar-refractivity contribution >= 4 is 22.8 Å². The minimum absolute atomic E-state index is 0.226. The van der Waals surface area contributed by atoms with Crippen LogP contribution in [-0.4, -0.2) is 18.5 Å². The molecule has 0 amide bonds. The van der Waals surface area contributed by atoms with Crippen LogP contribution >= 0.6 is 0 Å². The Labute approximate surface area is 164 Å². The largest absolute Gasteiger partial charge is 0.495 e. The summed E-state index contributed by atoms with van der Waals surface area (Å²) in [5, 5.41) is 0.668. The van der Waals surface area contributed by atoms with Gasteiger partial charge in [-0.2, -0.15) is 0 Å². The number of benzene rings is 1. The molecule has 1 aliphatic heterocycles. The van der Waals surface area contributed by atoms with Crippen molar-refractivity contribution in [1.29, 1.82) is 0 Å². The Bertz CT molecular complexity index is 1070. The van der Waals surface area contributed by atoms with Crippen LogP contribution in [0.4, 0.5) is 0 Å². The van der Waals surface area contributed by atoms with Crippen molar-refractivity contribution in [2.24, 2.45) is 0 Å². The topological polar surface area (TPSA) is 65.7 Å². The Morgan fingerprint density at radius 2 is 2.04 bits per heavy atom. The molecule has 28 heavy (non-hydrogen) atoms. The van der Waals surface area contributed by atoms with E-state index in [-0.39, 0.29) is 16.9 Å². The van der Waals surface area contributed by atoms with Gasteiger partial charge in [0.2, 0.25) is 0 Å². The molecule has 0 radical (unpaired) electrons. The summed E-state index contributed by atoms with van der Waals surface area (Å²) >= 11 is 0. The quantitative estimate of drug-likeness (QED) is 0.409. The second-order valence-corrected chi connectivity index (χ2v) is 7.54. The fourth-order valence-corrected chi connectivity index (χ4v) is 3.49. The molecule has 3 rings (SSSR count). The molecule has 0 fully saturated rings. The number of ether oxygens (including phenoxy) is 2. The Hall–Kier alpha value is -2.82. The minimum Gasteiger partial charge on any atom is -0.495 e. The number of rotatable bonds is 5. The standard InChI is InChI=1S/C23H26O5/c1-7-9-14-12-16(24)27-22-17(14)21-15(10-11-23(4,5)28-21)20(26-6)18(22)19(25)13(3)8-2/h8,10-12H,7,9H2,1-6H3/b13-8-. The number of hydrogen-bond acceptors (Lipinski definition) is 5. The smallest absolute Gasteiger partial charge is 0.336 e. The van der Waals surface area contributed by atoms with Gasteiger partial charge in [-0.15, -0.1) is 0 Å². The van der Waals surface area contributed by atoms with E-state index in [0.717, 1.165) is 12.0 Å². The maximum absolute atomic E-state index is 13.2. The zero-order valence-corrected chi connectivity index (χ0v) is 17.3. The average Bonchev–Trinajstić information content (AvgIpc) is 2.64. The predicted octanol–water partition coefficient (Wildman–Crippen LogP) is 5.09. The maximum atomic E-state index is 13.2. The van der Waals surface area contributed by atoms with E-state index in [1.54, 1.807) is 19.9 Å². The second-order valence-electron chi connectivity index (χ2n) is 7.54. The number of ketones is 1. The highest BCUT2D eigenvalue weighted by atomic mass is 16.5. The van der Waals surface area contributed by atoms with E-state index in [1.165, 1.54) is 13.2 Å². The lowest BCUT2D eigenvalue weighted by atomic mass is 9.91. The SMILES string of the molecule is C/C=C(/C)C(=O)c1c(OC)c2c(c3c(CCC)cc(=O)oc13)OC(C)(C)C=C2. The van der Waals surface area contributed by atoms with Crippen LogP contribution in [0.3, 0.4) is 0 Å². The molecular weight excluding hydrogens is 356 g/mol. The van der Waals surface area contributed by atoms with Gasteiger partial charge >= 0.3 is 5.63 Å². The number of hydrogen-bond donors (Lipinski definition) is 0. The first-order valence-corrected chi connectivity index (χ1v) is 9.50. The number of fused-ring (bicyclic) bond motifs is 3. The first-order chi connectivity index (χ1) is 13.2. The first kappa shape index (κ1) is 19.9. The van der Waals surface area contributed by atoms with Crippen molar-refractivity contribution in [3.05, 3.63) is 50.9 Å². The summed E-state index contributed by atoms with van der Waals surface area (Å²) in [5.41, 5.74) is 1.51. The van der Waals surface area contributed by atoms with Gasteiger partial charge in [-0.1, -0.05) is 19.4 Å². The fourth-order valence-electron chi connectivity index (χ4n) is 3.49. The third-order valence-corrected chi connectivity index (χ3v) is 4.97. The molecule has 1 aliphatic rings. The maximum Gasteiger partial charge on any atom is 0.336 e. The van der Waals surface area contributed by atoms with E-state index in [1.807, 2.05) is 32.9 Å². The number of carbonyl (C=O) groups is 1. The van der Waals surface area contributed by atoms with Gasteiger partial charge in [0.05, 0.1) is 18.1 Å². The molecular formula is C23H26O5. The fraction of sp³-hybridized carbons (Fsp3) is 0.391. The van der Waals surface area contributed by atoms with Crippen LogP contribution < -0.4 is 15.1 Å². The van der Waals surface area contributed by atoms with Crippen LogP contribution in [-0.2, 0) is 6.42 Å². The number of carbonyl (C=O) groups excluding carboxylic acids is 1. The van der Waals surface area contributed by atoms with Crippen molar-refractivity contribution in [2.45, 2.75) is 53.1 Å². The Balaban J connectivity index is 2.56. The van der Waals surface area contributed by atoms with Crippen LogP contribution in [0, 0.1) is 0 Å². The molecule has 5 heteroatoms. The van der Waals surface area contributed by atoms with Gasteiger partial charge < -0.3 is 13.9 Å². The van der Waals surface area contributed by atoms with Gasteiger partial charge in [0.25, 0.3) is 0 Å². The molecule has 0 N–H and O–H groups in total. The average molecular weight is 382 g/mol. The summed E-state index contributed by atoms with van der Waals surface area (Å²) in [7, 11) is 1.50. The lowest BCUT2D eigenvalue weighted by Crippen LogP contribution is -2.28. The summed E-state index contributed by atoms with van der Waals surface area (Å²) in [6.45, 7) is 9.47. The van der Waals surface area contributed by atoms with Crippen LogP contribution in [0.2, 0.25) is 0 Å². The van der Waals surface area contributed by atoms with Crippen molar-refractivity contribution in [3.63, 3.8) is 0 Å². The van der Waals surface area contributed by atoms with E-state index >= 15 is 0 Å². The molecule has 0 atom stereocenters. The zero-order chi connectivity index (χ0) is 20.6. The number of Topliss-reactive ketones (excluding diaryl/α,β-unsaturated/α-hetero) is 1. The third kappa shape index (κ3) is 3.26. The third-order valence-electron chi connectivity index (χ3n) is 4.97. The molecule has 0 spiro atoms. The van der Waals surface area contributed by atoms with E-state index < -0.39 is 11.2 Å². The Kier molecular flexibility index (Phi) is 5.20. The van der Waals surface area contributed by atoms with Crippen LogP contribution in [0.25, 0.3) is 17.0 Å². The molecule has 1 aromatic carbocycles. The van der Waals surface area contributed by atoms with Gasteiger partial charge in [0, 0.05) is 6.07 Å². The lowest BCUT2D eigenvalue weighted by molar-refractivity contribution is 0.103. The van der Waals surface area contributed by atoms with Gasteiger partial charge in [-0.3, -0.25) is 4.79 Å². The monoisotopic (exact) mass is 382 g/mol. The molecule has 148 valence electrons. The Morgan fingerprint density at radius 3 is 2.64 bits per heavy atom. The molecule has 5 nitrogen and oxygen atoms in total. The molecule has 0 bridgehead atoms. The number of aryl methyl sites for hydroxylation is 1. The normalized spacial score (nSPS) is 15.3. The van der Waals surface area contributed by atoms with Gasteiger partial charge in [0.15, 0.2) is 11.4 Å². The van der Waals surface area contributed by atoms with E-state index in [2.05, 4.69) is 0 Å². The zero-order valence-electron chi connectivity index (χ0n) is 17.3. The number of allylic oxidation sites excluding steroid dienone is 2. The summed E-state index contributed by atoms with van der Waals surface area (Å²) in [4.78, 5) is 25.5. The van der Waals surface area contributed by atoms with Crippen molar-refractivity contribution in [1.82, 2.24) is 0 Å². The molecule has 0 saturated carbocycles. The van der Waals surface area contributed by atoms with Crippen molar-refractivity contribution in [3.8, 4) is 11.5 Å². The minimum atomic E-state index is -0.532. The lowest BCUT2D eigenvalue weighted by Gasteiger charge is -2.30. The molecule has 2 aromatic rings. The van der Waals surface area contributed by atoms with Crippen LogP contribution in [0.5, 0.6) is 11.5 Å². The van der Waals surface area contributed by atoms with Gasteiger partial charge in [-0.25, -0.2) is 4.79 Å². The van der Waals surface area contributed by atoms with Gasteiger partial charge in [0.1, 0.15) is 22.7 Å². The molecule has 2 heterocycles. The van der Waals surface area contributed by atoms with Gasteiger partial charge in [-0.05, 0) is 57.4 Å². The first-order valence-electron chi connectivity index (χ1n) is 9.50. The highest BCUT2D eigenvalue weighted by molar-refractivity contribution is 6.19. The highest BCUT2D eigenvalue weighted by Crippen LogP contribution is 2.47. The van der Waals surface area contributed by atoms with E-state index in [4.69, 9.17) is 13.9 Å². The van der Waals surface area contributed by atoms with Crippen molar-refractivity contribution < 1.29 is 18.7 Å². The number of methoxy groups -OCH3 is 1. The molecule has 1 aromatic heterocycles. The van der Waals surface area contributed by atoms with E-state index in [0.29, 0.717) is 34.4 Å². The second kappa shape index (κ2) is 7.30. The highest BCUT2D eigenvalue weighted by Gasteiger charge is 2.33. The summed E-state index contributed by atoms with van der Waals surface area (Å²) in [6.07, 6.45) is 7.09. The van der Waals surface area contributed by atoms with E-state index in [9.17, 15) is 9.59 Å². The van der Waals surface area contributed by atoms with Crippen LogP contribution in [0.15, 0.2) is 33.0 Å². The Morgan fingerprint density at radius 1 is 1.32 bits per heavy atom. The summed E-state index contributed by atoms with van der Waals surface area (Å²) in [5.74, 6) is 0.709. The molecule has 0 aliphatic carbocycles. The molecule has 0 saturated heterocycles. The summed E-state index contributed by atoms with van der Waals surface area (Å²) < 4.78 is 17.5. The van der Waals surface area contributed by atoms with Crippen LogP contribution in [0.1, 0.15) is 62.5 Å². The molecule has 0 unspecified atom stereocenters. The summed E-state index contributed by atoms with van der Waals surface area (Å²) in [6, 6.07) is 1.49. The predicted molar refractivity (Wildman–Crippen MR) is 111 cm³/mol.